The van der Waals surface area contributed by atoms with Gasteiger partial charge in [0.25, 0.3) is 5.91 Å². The Morgan fingerprint density at radius 3 is 2.25 bits per heavy atom. The zero-order chi connectivity index (χ0) is 20.1. The number of ketones is 1. The highest BCUT2D eigenvalue weighted by Gasteiger charge is 2.23. The molecule has 0 saturated carbocycles. The third kappa shape index (κ3) is 4.97. The van der Waals surface area contributed by atoms with E-state index in [1.54, 1.807) is 53.4 Å². The smallest absolute Gasteiger partial charge is 0.253 e. The van der Waals surface area contributed by atoms with E-state index in [4.69, 9.17) is 11.6 Å². The lowest BCUT2D eigenvalue weighted by molar-refractivity contribution is -0.117. The Morgan fingerprint density at radius 2 is 1.61 bits per heavy atom. The Morgan fingerprint density at radius 1 is 0.964 bits per heavy atom. The molecule has 1 heterocycles. The van der Waals surface area contributed by atoms with Gasteiger partial charge < -0.3 is 10.2 Å². The minimum atomic E-state index is -0.175. The Balaban J connectivity index is 1.51. The van der Waals surface area contributed by atoms with E-state index < -0.39 is 0 Å². The van der Waals surface area contributed by atoms with Gasteiger partial charge in [-0.15, -0.1) is 0 Å². The van der Waals surface area contributed by atoms with Crippen LogP contribution in [0.25, 0.3) is 0 Å². The molecule has 0 radical (unpaired) electrons. The van der Waals surface area contributed by atoms with Crippen LogP contribution < -0.4 is 5.32 Å². The molecule has 28 heavy (non-hydrogen) atoms. The van der Waals surface area contributed by atoms with Gasteiger partial charge in [-0.3, -0.25) is 19.3 Å². The highest BCUT2D eigenvalue weighted by molar-refractivity contribution is 6.30. The van der Waals surface area contributed by atoms with Crippen molar-refractivity contribution in [3.8, 4) is 0 Å². The second kappa shape index (κ2) is 8.99. The molecule has 0 aromatic heterocycles. The van der Waals surface area contributed by atoms with Gasteiger partial charge in [-0.1, -0.05) is 23.7 Å². The molecule has 146 valence electrons. The van der Waals surface area contributed by atoms with E-state index >= 15 is 0 Å². The lowest BCUT2D eigenvalue weighted by Gasteiger charge is -2.34. The van der Waals surface area contributed by atoms with E-state index in [-0.39, 0.29) is 24.1 Å². The summed E-state index contributed by atoms with van der Waals surface area (Å²) in [6, 6.07) is 13.8. The predicted octanol–water partition coefficient (Wildman–Crippen LogP) is 2.94. The molecular weight excluding hydrogens is 378 g/mol. The number of halogens is 1. The van der Waals surface area contributed by atoms with Crippen molar-refractivity contribution >= 4 is 34.9 Å². The zero-order valence-corrected chi connectivity index (χ0v) is 16.4. The van der Waals surface area contributed by atoms with Crippen LogP contribution in [-0.4, -0.2) is 60.1 Å². The summed E-state index contributed by atoms with van der Waals surface area (Å²) in [5.41, 5.74) is 1.63. The van der Waals surface area contributed by atoms with Gasteiger partial charge in [0.1, 0.15) is 0 Å². The average Bonchev–Trinajstić information content (AvgIpc) is 2.69. The van der Waals surface area contributed by atoms with Crippen LogP contribution in [0.4, 0.5) is 5.69 Å². The summed E-state index contributed by atoms with van der Waals surface area (Å²) in [4.78, 5) is 40.3. The second-order valence-corrected chi connectivity index (χ2v) is 7.16. The number of nitrogens with zero attached hydrogens (tertiary/aromatic N) is 2. The highest BCUT2D eigenvalue weighted by atomic mass is 35.5. The standard InChI is InChI=1S/C21H22ClN3O3/c1-15(26)18-4-2-3-5-19(18)23-20(27)14-24-10-12-25(13-11-24)21(28)16-6-8-17(22)9-7-16/h2-9H,10-14H2,1H3,(H,23,27). The number of rotatable bonds is 5. The summed E-state index contributed by atoms with van der Waals surface area (Å²) in [5, 5.41) is 3.41. The first-order valence-electron chi connectivity index (χ1n) is 9.11. The summed E-state index contributed by atoms with van der Waals surface area (Å²) < 4.78 is 0. The van der Waals surface area contributed by atoms with Crippen molar-refractivity contribution in [1.82, 2.24) is 9.80 Å². The molecule has 2 aromatic carbocycles. The number of Topliss-reactive ketones (excluding diaryl/α,β-unsaturated/α-hetero) is 1. The van der Waals surface area contributed by atoms with Crippen LogP contribution in [0.2, 0.25) is 5.02 Å². The molecule has 1 aliphatic heterocycles. The van der Waals surface area contributed by atoms with E-state index in [2.05, 4.69) is 5.32 Å². The first kappa shape index (κ1) is 20.0. The fourth-order valence-electron chi connectivity index (χ4n) is 3.18. The maximum Gasteiger partial charge on any atom is 0.253 e. The Bertz CT molecular complexity index is 875. The SMILES string of the molecule is CC(=O)c1ccccc1NC(=O)CN1CCN(C(=O)c2ccc(Cl)cc2)CC1. The number of para-hydroxylation sites is 1. The van der Waals surface area contributed by atoms with Crippen molar-refractivity contribution in [3.05, 3.63) is 64.7 Å². The summed E-state index contributed by atoms with van der Waals surface area (Å²) in [7, 11) is 0. The first-order valence-corrected chi connectivity index (χ1v) is 9.49. The fourth-order valence-corrected chi connectivity index (χ4v) is 3.30. The van der Waals surface area contributed by atoms with Crippen molar-refractivity contribution in [1.29, 1.82) is 0 Å². The second-order valence-electron chi connectivity index (χ2n) is 6.73. The lowest BCUT2D eigenvalue weighted by Crippen LogP contribution is -2.50. The molecule has 0 spiro atoms. The van der Waals surface area contributed by atoms with Crippen molar-refractivity contribution in [2.75, 3.05) is 38.0 Å². The van der Waals surface area contributed by atoms with Gasteiger partial charge in [-0.05, 0) is 43.3 Å². The quantitative estimate of drug-likeness (QED) is 0.785. The number of amides is 2. The van der Waals surface area contributed by atoms with Gasteiger partial charge in [0.15, 0.2) is 5.78 Å². The molecule has 0 aliphatic carbocycles. The third-order valence-corrected chi connectivity index (χ3v) is 4.95. The molecular formula is C21H22ClN3O3. The Labute approximate surface area is 169 Å². The molecule has 0 atom stereocenters. The summed E-state index contributed by atoms with van der Waals surface area (Å²) in [5.74, 6) is -0.299. The topological polar surface area (TPSA) is 69.7 Å². The number of anilines is 1. The van der Waals surface area contributed by atoms with Gasteiger partial charge in [0, 0.05) is 42.3 Å². The maximum atomic E-state index is 12.5. The number of benzene rings is 2. The van der Waals surface area contributed by atoms with Crippen LogP contribution in [0.1, 0.15) is 27.6 Å². The third-order valence-electron chi connectivity index (χ3n) is 4.70. The molecule has 1 N–H and O–H groups in total. The molecule has 2 aromatic rings. The first-order chi connectivity index (χ1) is 13.4. The van der Waals surface area contributed by atoms with Gasteiger partial charge >= 0.3 is 0 Å². The molecule has 1 aliphatic rings. The average molecular weight is 400 g/mol. The highest BCUT2D eigenvalue weighted by Crippen LogP contribution is 2.16. The normalized spacial score (nSPS) is 14.6. The maximum absolute atomic E-state index is 12.5. The lowest BCUT2D eigenvalue weighted by atomic mass is 10.1. The molecule has 0 unspecified atom stereocenters. The summed E-state index contributed by atoms with van der Waals surface area (Å²) in [6.07, 6.45) is 0. The number of hydrogen-bond donors (Lipinski definition) is 1. The van der Waals surface area contributed by atoms with Crippen molar-refractivity contribution in [3.63, 3.8) is 0 Å². The van der Waals surface area contributed by atoms with Crippen LogP contribution in [-0.2, 0) is 4.79 Å². The van der Waals surface area contributed by atoms with E-state index in [0.717, 1.165) is 0 Å². The largest absolute Gasteiger partial charge is 0.336 e. The number of piperazine rings is 1. The van der Waals surface area contributed by atoms with Crippen molar-refractivity contribution in [2.45, 2.75) is 6.92 Å². The molecule has 6 nitrogen and oxygen atoms in total. The Kier molecular flexibility index (Phi) is 6.44. The van der Waals surface area contributed by atoms with E-state index in [9.17, 15) is 14.4 Å². The Hall–Kier alpha value is -2.70. The van der Waals surface area contributed by atoms with E-state index in [1.165, 1.54) is 6.92 Å². The molecule has 1 saturated heterocycles. The summed E-state index contributed by atoms with van der Waals surface area (Å²) in [6.45, 7) is 4.02. The van der Waals surface area contributed by atoms with Crippen molar-refractivity contribution in [2.24, 2.45) is 0 Å². The number of carbonyl (C=O) groups is 3. The van der Waals surface area contributed by atoms with Crippen molar-refractivity contribution < 1.29 is 14.4 Å². The van der Waals surface area contributed by atoms with Crippen LogP contribution >= 0.6 is 11.6 Å². The minimum Gasteiger partial charge on any atom is -0.336 e. The summed E-state index contributed by atoms with van der Waals surface area (Å²) >= 11 is 5.87. The number of nitrogens with one attached hydrogen (secondary N) is 1. The molecule has 3 rings (SSSR count). The van der Waals surface area contributed by atoms with Crippen LogP contribution in [0.5, 0.6) is 0 Å². The monoisotopic (exact) mass is 399 g/mol. The van der Waals surface area contributed by atoms with Crippen LogP contribution in [0.3, 0.4) is 0 Å². The van der Waals surface area contributed by atoms with Gasteiger partial charge in [-0.2, -0.15) is 0 Å². The molecule has 2 amide bonds. The zero-order valence-electron chi connectivity index (χ0n) is 15.7. The number of hydrogen-bond acceptors (Lipinski definition) is 4. The molecule has 7 heteroatoms. The number of carbonyl (C=O) groups excluding carboxylic acids is 3. The van der Waals surface area contributed by atoms with Crippen LogP contribution in [0.15, 0.2) is 48.5 Å². The fraction of sp³-hybridized carbons (Fsp3) is 0.286. The van der Waals surface area contributed by atoms with E-state index in [1.807, 2.05) is 4.90 Å². The van der Waals surface area contributed by atoms with E-state index in [0.29, 0.717) is 48.0 Å². The molecule has 0 bridgehead atoms. The predicted molar refractivity (Wildman–Crippen MR) is 109 cm³/mol. The van der Waals surface area contributed by atoms with Gasteiger partial charge in [0.2, 0.25) is 5.91 Å². The van der Waals surface area contributed by atoms with Gasteiger partial charge in [0.05, 0.1) is 12.2 Å². The van der Waals surface area contributed by atoms with Gasteiger partial charge in [-0.25, -0.2) is 0 Å². The molecule has 1 fully saturated rings. The van der Waals surface area contributed by atoms with Crippen LogP contribution in [0, 0.1) is 0 Å². The minimum absolute atomic E-state index is 0.0313.